The van der Waals surface area contributed by atoms with Crippen molar-refractivity contribution in [3.05, 3.63) is 23.3 Å². The van der Waals surface area contributed by atoms with Gasteiger partial charge in [0.05, 0.1) is 18.3 Å². The van der Waals surface area contributed by atoms with Crippen LogP contribution in [0.2, 0.25) is 0 Å². The van der Waals surface area contributed by atoms with E-state index in [-0.39, 0.29) is 0 Å². The van der Waals surface area contributed by atoms with Crippen molar-refractivity contribution < 1.29 is 14.6 Å². The molecule has 5 nitrogen and oxygen atoms in total. The molecule has 1 aromatic rings. The highest BCUT2D eigenvalue weighted by molar-refractivity contribution is 5.97. The highest BCUT2D eigenvalue weighted by Crippen LogP contribution is 2.26. The van der Waals surface area contributed by atoms with E-state index in [2.05, 4.69) is 0 Å². The number of nitrogens with zero attached hydrogens (tertiary/aromatic N) is 1. The predicted molar refractivity (Wildman–Crippen MR) is 76.5 cm³/mol. The van der Waals surface area contributed by atoms with Gasteiger partial charge in [-0.1, -0.05) is 0 Å². The van der Waals surface area contributed by atoms with Gasteiger partial charge in [0, 0.05) is 25.0 Å². The van der Waals surface area contributed by atoms with Crippen LogP contribution in [-0.2, 0) is 4.74 Å². The molecular formula is C14H22N2O3. The molecule has 0 bridgehead atoms. The fraction of sp³-hybridized carbons (Fsp3) is 0.500. The molecule has 0 saturated heterocycles. The number of rotatable bonds is 4. The van der Waals surface area contributed by atoms with Crippen molar-refractivity contribution in [3.63, 3.8) is 0 Å². The standard InChI is InChI=1S/C14H22N2O3/c1-9-6-10(16(4)8-14(2,3)18)7-11(12(9)15)13(17)19-5/h6-7,18H,8,15H2,1-5H3. The van der Waals surface area contributed by atoms with Gasteiger partial charge >= 0.3 is 5.97 Å². The number of nitrogen functional groups attached to an aromatic ring is 1. The van der Waals surface area contributed by atoms with E-state index in [4.69, 9.17) is 10.5 Å². The van der Waals surface area contributed by atoms with E-state index in [1.165, 1.54) is 7.11 Å². The molecule has 106 valence electrons. The molecule has 0 radical (unpaired) electrons. The maximum atomic E-state index is 11.7. The molecule has 1 aromatic carbocycles. The van der Waals surface area contributed by atoms with Crippen LogP contribution < -0.4 is 10.6 Å². The van der Waals surface area contributed by atoms with E-state index in [9.17, 15) is 9.90 Å². The van der Waals surface area contributed by atoms with Crippen LogP contribution in [0.4, 0.5) is 11.4 Å². The molecule has 0 aliphatic heterocycles. The molecule has 0 atom stereocenters. The lowest BCUT2D eigenvalue weighted by atomic mass is 10.0. The Morgan fingerprint density at radius 3 is 2.53 bits per heavy atom. The summed E-state index contributed by atoms with van der Waals surface area (Å²) in [5.41, 5.74) is 7.45. The number of esters is 1. The van der Waals surface area contributed by atoms with Crippen molar-refractivity contribution in [2.24, 2.45) is 0 Å². The summed E-state index contributed by atoms with van der Waals surface area (Å²) < 4.78 is 4.72. The van der Waals surface area contributed by atoms with Crippen molar-refractivity contribution >= 4 is 17.3 Å². The van der Waals surface area contributed by atoms with E-state index < -0.39 is 11.6 Å². The van der Waals surface area contributed by atoms with Crippen molar-refractivity contribution in [1.29, 1.82) is 0 Å². The van der Waals surface area contributed by atoms with E-state index in [0.717, 1.165) is 11.3 Å². The highest BCUT2D eigenvalue weighted by Gasteiger charge is 2.19. The van der Waals surface area contributed by atoms with Gasteiger partial charge < -0.3 is 20.5 Å². The number of aliphatic hydroxyl groups is 1. The fourth-order valence-electron chi connectivity index (χ4n) is 1.95. The molecule has 0 aliphatic carbocycles. The van der Waals surface area contributed by atoms with Crippen LogP contribution in [0.25, 0.3) is 0 Å². The molecule has 0 amide bonds. The minimum Gasteiger partial charge on any atom is -0.465 e. The first-order valence-electron chi connectivity index (χ1n) is 6.07. The molecule has 0 heterocycles. The third-order valence-corrected chi connectivity index (χ3v) is 2.84. The number of likely N-dealkylation sites (N-methyl/N-ethyl adjacent to an activating group) is 1. The number of methoxy groups -OCH3 is 1. The number of carbonyl (C=O) groups is 1. The second-order valence-corrected chi connectivity index (χ2v) is 5.38. The number of nitrogens with two attached hydrogens (primary N) is 1. The van der Waals surface area contributed by atoms with Gasteiger partial charge in [-0.2, -0.15) is 0 Å². The third kappa shape index (κ3) is 3.86. The van der Waals surface area contributed by atoms with E-state index in [0.29, 0.717) is 17.8 Å². The minimum atomic E-state index is -0.824. The van der Waals surface area contributed by atoms with Crippen LogP contribution in [0.1, 0.15) is 29.8 Å². The Balaban J connectivity index is 3.16. The summed E-state index contributed by atoms with van der Waals surface area (Å²) in [6.07, 6.45) is 0. The normalized spacial score (nSPS) is 11.3. The smallest absolute Gasteiger partial charge is 0.340 e. The summed E-state index contributed by atoms with van der Waals surface area (Å²) in [5.74, 6) is -0.459. The second kappa shape index (κ2) is 5.48. The molecule has 3 N–H and O–H groups in total. The first-order chi connectivity index (χ1) is 8.65. The van der Waals surface area contributed by atoms with Gasteiger partial charge in [0.25, 0.3) is 0 Å². The highest BCUT2D eigenvalue weighted by atomic mass is 16.5. The molecule has 0 spiro atoms. The first-order valence-corrected chi connectivity index (χ1v) is 6.07. The van der Waals surface area contributed by atoms with Crippen LogP contribution >= 0.6 is 0 Å². The summed E-state index contributed by atoms with van der Waals surface area (Å²) in [4.78, 5) is 13.6. The minimum absolute atomic E-state index is 0.347. The Morgan fingerprint density at radius 2 is 2.05 bits per heavy atom. The molecule has 0 aromatic heterocycles. The molecule has 0 saturated carbocycles. The molecule has 0 aliphatic rings. The Bertz CT molecular complexity index is 478. The summed E-state index contributed by atoms with van der Waals surface area (Å²) in [5, 5.41) is 9.84. The van der Waals surface area contributed by atoms with Crippen molar-refractivity contribution in [2.45, 2.75) is 26.4 Å². The number of hydrogen-bond acceptors (Lipinski definition) is 5. The van der Waals surface area contributed by atoms with Gasteiger partial charge in [0.15, 0.2) is 0 Å². The zero-order chi connectivity index (χ0) is 14.8. The molecule has 19 heavy (non-hydrogen) atoms. The molecule has 1 rings (SSSR count). The van der Waals surface area contributed by atoms with Crippen molar-refractivity contribution in [2.75, 3.05) is 31.3 Å². The zero-order valence-corrected chi connectivity index (χ0v) is 12.2. The van der Waals surface area contributed by atoms with Crippen molar-refractivity contribution in [1.82, 2.24) is 0 Å². The van der Waals surface area contributed by atoms with E-state index in [1.807, 2.05) is 24.9 Å². The number of carbonyl (C=O) groups excluding carboxylic acids is 1. The molecule has 5 heteroatoms. The number of hydrogen-bond donors (Lipinski definition) is 2. The lowest BCUT2D eigenvalue weighted by molar-refractivity contribution is 0.0602. The third-order valence-electron chi connectivity index (χ3n) is 2.84. The van der Waals surface area contributed by atoms with Crippen LogP contribution in [0.15, 0.2) is 12.1 Å². The SMILES string of the molecule is COC(=O)c1cc(N(C)CC(C)(C)O)cc(C)c1N. The van der Waals surface area contributed by atoms with Gasteiger partial charge in [-0.05, 0) is 38.5 Å². The van der Waals surface area contributed by atoms with Crippen molar-refractivity contribution in [3.8, 4) is 0 Å². The van der Waals surface area contributed by atoms with Gasteiger partial charge in [-0.25, -0.2) is 4.79 Å². The lowest BCUT2D eigenvalue weighted by Gasteiger charge is -2.28. The Kier molecular flexibility index (Phi) is 4.42. The molecule has 0 fully saturated rings. The van der Waals surface area contributed by atoms with Crippen LogP contribution in [0.5, 0.6) is 0 Å². The van der Waals surface area contributed by atoms with E-state index >= 15 is 0 Å². The average Bonchev–Trinajstić information content (AvgIpc) is 2.29. The first kappa shape index (κ1) is 15.3. The lowest BCUT2D eigenvalue weighted by Crippen LogP contribution is -2.36. The summed E-state index contributed by atoms with van der Waals surface area (Å²) in [6, 6.07) is 3.56. The monoisotopic (exact) mass is 266 g/mol. The van der Waals surface area contributed by atoms with Gasteiger partial charge in [-0.15, -0.1) is 0 Å². The van der Waals surface area contributed by atoms with Gasteiger partial charge in [-0.3, -0.25) is 0 Å². The maximum absolute atomic E-state index is 11.7. The Labute approximate surface area is 114 Å². The molecular weight excluding hydrogens is 244 g/mol. The summed E-state index contributed by atoms with van der Waals surface area (Å²) in [6.45, 7) is 5.74. The fourth-order valence-corrected chi connectivity index (χ4v) is 1.95. The summed E-state index contributed by atoms with van der Waals surface area (Å²) in [7, 11) is 3.17. The number of anilines is 2. The molecule has 0 unspecified atom stereocenters. The average molecular weight is 266 g/mol. The number of ether oxygens (including phenoxy) is 1. The topological polar surface area (TPSA) is 75.8 Å². The zero-order valence-electron chi connectivity index (χ0n) is 12.2. The number of aryl methyl sites for hydroxylation is 1. The van der Waals surface area contributed by atoms with Crippen LogP contribution in [0, 0.1) is 6.92 Å². The Morgan fingerprint density at radius 1 is 1.47 bits per heavy atom. The second-order valence-electron chi connectivity index (χ2n) is 5.38. The van der Waals surface area contributed by atoms with Crippen LogP contribution in [0.3, 0.4) is 0 Å². The number of benzene rings is 1. The largest absolute Gasteiger partial charge is 0.465 e. The van der Waals surface area contributed by atoms with E-state index in [1.54, 1.807) is 19.9 Å². The quantitative estimate of drug-likeness (QED) is 0.639. The van der Waals surface area contributed by atoms with Gasteiger partial charge in [0.2, 0.25) is 0 Å². The van der Waals surface area contributed by atoms with Crippen LogP contribution in [-0.4, -0.2) is 37.4 Å². The maximum Gasteiger partial charge on any atom is 0.340 e. The predicted octanol–water partition coefficient (Wildman–Crippen LogP) is 1.57. The Hall–Kier alpha value is -1.75. The van der Waals surface area contributed by atoms with Gasteiger partial charge in [0.1, 0.15) is 0 Å². The summed E-state index contributed by atoms with van der Waals surface area (Å²) >= 11 is 0.